The van der Waals surface area contributed by atoms with Crippen molar-refractivity contribution >= 4 is 34.8 Å². The summed E-state index contributed by atoms with van der Waals surface area (Å²) < 4.78 is 0. The molecule has 0 spiro atoms. The Kier molecular flexibility index (Phi) is 6.55. The lowest BCUT2D eigenvalue weighted by Crippen LogP contribution is -2.37. The fourth-order valence-electron chi connectivity index (χ4n) is 1.46. The zero-order valence-electron chi connectivity index (χ0n) is 12.1. The van der Waals surface area contributed by atoms with Gasteiger partial charge in [-0.1, -0.05) is 32.1 Å². The summed E-state index contributed by atoms with van der Waals surface area (Å²) >= 11 is 5.07. The quantitative estimate of drug-likeness (QED) is 0.575. The molecular formula is C15H19N3O2S. The Morgan fingerprint density at radius 3 is 2.62 bits per heavy atom. The number of carbonyl (C=O) groups is 2. The zero-order chi connectivity index (χ0) is 15.8. The normalized spacial score (nSPS) is 9.86. The van der Waals surface area contributed by atoms with Crippen LogP contribution in [-0.2, 0) is 4.79 Å². The third-order valence-corrected chi connectivity index (χ3v) is 2.79. The molecule has 1 rings (SSSR count). The van der Waals surface area contributed by atoms with Crippen molar-refractivity contribution in [3.8, 4) is 0 Å². The first-order chi connectivity index (χ1) is 9.95. The Balaban J connectivity index is 2.79. The highest BCUT2D eigenvalue weighted by atomic mass is 32.1. The number of benzene rings is 1. The summed E-state index contributed by atoms with van der Waals surface area (Å²) in [5.41, 5.74) is 0.980. The summed E-state index contributed by atoms with van der Waals surface area (Å²) in [6, 6.07) is 6.92. The maximum absolute atomic E-state index is 12.0. The number of thiocarbonyl (C=S) groups is 1. The van der Waals surface area contributed by atoms with Gasteiger partial charge in [0.15, 0.2) is 5.11 Å². The van der Waals surface area contributed by atoms with E-state index in [-0.39, 0.29) is 22.8 Å². The minimum atomic E-state index is -0.240. The van der Waals surface area contributed by atoms with Crippen LogP contribution in [0.3, 0.4) is 0 Å². The van der Waals surface area contributed by atoms with E-state index >= 15 is 0 Å². The number of hydrogen-bond donors (Lipinski definition) is 3. The van der Waals surface area contributed by atoms with E-state index < -0.39 is 0 Å². The van der Waals surface area contributed by atoms with Gasteiger partial charge in [-0.05, 0) is 24.4 Å². The van der Waals surface area contributed by atoms with Crippen LogP contribution in [0.5, 0.6) is 0 Å². The maximum Gasteiger partial charge on any atom is 0.253 e. The molecule has 0 aliphatic carbocycles. The Hall–Kier alpha value is -2.21. The average molecular weight is 305 g/mol. The minimum absolute atomic E-state index is 0.165. The summed E-state index contributed by atoms with van der Waals surface area (Å²) in [5.74, 6) is -0.590. The molecule has 21 heavy (non-hydrogen) atoms. The van der Waals surface area contributed by atoms with Crippen LogP contribution in [-0.4, -0.2) is 23.5 Å². The summed E-state index contributed by atoms with van der Waals surface area (Å²) in [4.78, 5) is 23.6. The summed E-state index contributed by atoms with van der Waals surface area (Å²) in [6.45, 7) is 7.47. The van der Waals surface area contributed by atoms with Gasteiger partial charge in [0.1, 0.15) is 0 Å². The van der Waals surface area contributed by atoms with Gasteiger partial charge < -0.3 is 16.0 Å². The van der Waals surface area contributed by atoms with Crippen LogP contribution in [0.1, 0.15) is 24.2 Å². The predicted molar refractivity (Wildman–Crippen MR) is 88.2 cm³/mol. The van der Waals surface area contributed by atoms with E-state index in [1.54, 1.807) is 44.2 Å². The van der Waals surface area contributed by atoms with Gasteiger partial charge in [0.25, 0.3) is 5.91 Å². The molecular weight excluding hydrogens is 286 g/mol. The Morgan fingerprint density at radius 2 is 2.00 bits per heavy atom. The molecule has 0 radical (unpaired) electrons. The van der Waals surface area contributed by atoms with Crippen molar-refractivity contribution in [2.75, 3.05) is 11.9 Å². The lowest BCUT2D eigenvalue weighted by Gasteiger charge is -2.14. The highest BCUT2D eigenvalue weighted by Gasteiger charge is 2.13. The Labute approximate surface area is 129 Å². The van der Waals surface area contributed by atoms with Gasteiger partial charge in [0.2, 0.25) is 5.91 Å². The third-order valence-electron chi connectivity index (χ3n) is 2.59. The molecule has 3 N–H and O–H groups in total. The molecule has 0 saturated heterocycles. The SMILES string of the molecule is C=CCNC(=O)c1ccccc1NC(=S)NC(=O)C(C)C. The largest absolute Gasteiger partial charge is 0.349 e. The molecule has 6 heteroatoms. The first kappa shape index (κ1) is 16.8. The van der Waals surface area contributed by atoms with E-state index in [9.17, 15) is 9.59 Å². The molecule has 0 bridgehead atoms. The Bertz CT molecular complexity index is 556. The van der Waals surface area contributed by atoms with Gasteiger partial charge in [-0.15, -0.1) is 6.58 Å². The Morgan fingerprint density at radius 1 is 1.33 bits per heavy atom. The topological polar surface area (TPSA) is 70.2 Å². The molecule has 0 aliphatic heterocycles. The fourth-order valence-corrected chi connectivity index (χ4v) is 1.67. The average Bonchev–Trinajstić information content (AvgIpc) is 2.45. The van der Waals surface area contributed by atoms with E-state index in [2.05, 4.69) is 22.5 Å². The standard InChI is InChI=1S/C15H19N3O2S/c1-4-9-16-14(20)11-7-5-6-8-12(11)17-15(21)18-13(19)10(2)3/h4-8,10H,1,9H2,2-3H3,(H,16,20)(H2,17,18,19,21). The second-order valence-electron chi connectivity index (χ2n) is 4.64. The minimum Gasteiger partial charge on any atom is -0.349 e. The van der Waals surface area contributed by atoms with E-state index in [1.807, 2.05) is 0 Å². The highest BCUT2D eigenvalue weighted by molar-refractivity contribution is 7.80. The van der Waals surface area contributed by atoms with Crippen LogP contribution in [0, 0.1) is 5.92 Å². The number of amides is 2. The monoisotopic (exact) mass is 305 g/mol. The first-order valence-corrected chi connectivity index (χ1v) is 6.96. The van der Waals surface area contributed by atoms with Crippen molar-refractivity contribution in [3.05, 3.63) is 42.5 Å². The molecule has 0 heterocycles. The molecule has 1 aromatic rings. The van der Waals surface area contributed by atoms with E-state index in [1.165, 1.54) is 0 Å². The van der Waals surface area contributed by atoms with Gasteiger partial charge in [-0.25, -0.2) is 0 Å². The second-order valence-corrected chi connectivity index (χ2v) is 5.05. The van der Waals surface area contributed by atoms with Gasteiger partial charge in [0, 0.05) is 12.5 Å². The molecule has 0 aliphatic rings. The van der Waals surface area contributed by atoms with Gasteiger partial charge in [-0.3, -0.25) is 9.59 Å². The molecule has 0 saturated carbocycles. The number of hydrogen-bond acceptors (Lipinski definition) is 3. The lowest BCUT2D eigenvalue weighted by atomic mass is 10.1. The molecule has 0 atom stereocenters. The van der Waals surface area contributed by atoms with Crippen molar-refractivity contribution in [2.45, 2.75) is 13.8 Å². The van der Waals surface area contributed by atoms with E-state index in [0.717, 1.165) is 0 Å². The number of para-hydroxylation sites is 1. The van der Waals surface area contributed by atoms with Crippen molar-refractivity contribution in [2.24, 2.45) is 5.92 Å². The fraction of sp³-hybridized carbons (Fsp3) is 0.267. The van der Waals surface area contributed by atoms with Crippen molar-refractivity contribution in [1.29, 1.82) is 0 Å². The second kappa shape index (κ2) is 8.16. The maximum atomic E-state index is 12.0. The summed E-state index contributed by atoms with van der Waals surface area (Å²) in [5, 5.41) is 8.30. The van der Waals surface area contributed by atoms with Crippen molar-refractivity contribution in [3.63, 3.8) is 0 Å². The molecule has 2 amide bonds. The summed E-state index contributed by atoms with van der Waals surface area (Å²) in [6.07, 6.45) is 1.60. The number of carbonyl (C=O) groups excluding carboxylic acids is 2. The number of anilines is 1. The van der Waals surface area contributed by atoms with Gasteiger partial charge >= 0.3 is 0 Å². The van der Waals surface area contributed by atoms with Crippen molar-refractivity contribution in [1.82, 2.24) is 10.6 Å². The van der Waals surface area contributed by atoms with Crippen LogP contribution in [0.25, 0.3) is 0 Å². The zero-order valence-corrected chi connectivity index (χ0v) is 12.9. The molecule has 0 unspecified atom stereocenters. The van der Waals surface area contributed by atoms with Gasteiger partial charge in [-0.2, -0.15) is 0 Å². The van der Waals surface area contributed by atoms with Gasteiger partial charge in [0.05, 0.1) is 11.3 Å². The smallest absolute Gasteiger partial charge is 0.253 e. The molecule has 0 fully saturated rings. The molecule has 0 aromatic heterocycles. The predicted octanol–water partition coefficient (Wildman–Crippen LogP) is 2.07. The molecule has 112 valence electrons. The summed E-state index contributed by atoms with van der Waals surface area (Å²) in [7, 11) is 0. The van der Waals surface area contributed by atoms with Crippen LogP contribution in [0.2, 0.25) is 0 Å². The van der Waals surface area contributed by atoms with E-state index in [0.29, 0.717) is 17.8 Å². The molecule has 5 nitrogen and oxygen atoms in total. The van der Waals surface area contributed by atoms with E-state index in [4.69, 9.17) is 12.2 Å². The molecule has 1 aromatic carbocycles. The van der Waals surface area contributed by atoms with Crippen LogP contribution in [0.4, 0.5) is 5.69 Å². The lowest BCUT2D eigenvalue weighted by molar-refractivity contribution is -0.122. The highest BCUT2D eigenvalue weighted by Crippen LogP contribution is 2.14. The van der Waals surface area contributed by atoms with Crippen molar-refractivity contribution < 1.29 is 9.59 Å². The number of nitrogens with one attached hydrogen (secondary N) is 3. The third kappa shape index (κ3) is 5.35. The number of rotatable bonds is 5. The van der Waals surface area contributed by atoms with Crippen LogP contribution >= 0.6 is 12.2 Å². The first-order valence-electron chi connectivity index (χ1n) is 6.55. The van der Waals surface area contributed by atoms with Crippen LogP contribution in [0.15, 0.2) is 36.9 Å². The van der Waals surface area contributed by atoms with Crippen LogP contribution < -0.4 is 16.0 Å².